The fourth-order valence-electron chi connectivity index (χ4n) is 3.52. The zero-order valence-electron chi connectivity index (χ0n) is 18.8. The summed E-state index contributed by atoms with van der Waals surface area (Å²) in [7, 11) is 0. The van der Waals surface area contributed by atoms with Crippen LogP contribution in [0.3, 0.4) is 0 Å². The maximum Gasteiger partial charge on any atom is 0.416 e. The van der Waals surface area contributed by atoms with Crippen LogP contribution in [0.2, 0.25) is 0 Å². The van der Waals surface area contributed by atoms with Crippen LogP contribution in [-0.4, -0.2) is 17.7 Å². The first-order chi connectivity index (χ1) is 15.0. The molecule has 32 heavy (non-hydrogen) atoms. The Morgan fingerprint density at radius 2 is 1.81 bits per heavy atom. The Labute approximate surface area is 187 Å². The van der Waals surface area contributed by atoms with Gasteiger partial charge in [-0.1, -0.05) is 37.6 Å². The minimum absolute atomic E-state index is 0.192. The second kappa shape index (κ2) is 11.2. The van der Waals surface area contributed by atoms with Crippen molar-refractivity contribution in [2.45, 2.75) is 70.8 Å². The Bertz CT molecular complexity index is 885. The van der Waals surface area contributed by atoms with Gasteiger partial charge in [0, 0.05) is 24.0 Å². The highest BCUT2D eigenvalue weighted by molar-refractivity contribution is 5.65. The molecule has 0 saturated carbocycles. The zero-order valence-corrected chi connectivity index (χ0v) is 18.8. The van der Waals surface area contributed by atoms with E-state index in [2.05, 4.69) is 17.6 Å². The number of ether oxygens (including phenoxy) is 1. The van der Waals surface area contributed by atoms with Gasteiger partial charge in [0.25, 0.3) is 0 Å². The SMILES string of the molecule is CCCC(CCC(C)(C)OC(N)=O)NCc1ccccc1Nc1cccc(C(F)(F)F)c1. The normalized spacial score (nSPS) is 12.9. The van der Waals surface area contributed by atoms with Gasteiger partial charge in [-0.15, -0.1) is 0 Å². The summed E-state index contributed by atoms with van der Waals surface area (Å²) < 4.78 is 44.2. The minimum Gasteiger partial charge on any atom is -0.444 e. The second-order valence-electron chi connectivity index (χ2n) is 8.45. The van der Waals surface area contributed by atoms with Crippen molar-refractivity contribution in [2.75, 3.05) is 5.32 Å². The number of rotatable bonds is 11. The standard InChI is InChI=1S/C24H32F3N3O2/c1-4-8-19(13-14-23(2,3)32-22(28)31)29-16-17-9-5-6-12-21(17)30-20-11-7-10-18(15-20)24(25,26)27/h5-7,9-12,15,19,29-30H,4,8,13-14,16H2,1-3H3,(H2,28,31). The lowest BCUT2D eigenvalue weighted by Gasteiger charge is -2.27. The number of amides is 1. The van der Waals surface area contributed by atoms with Crippen molar-refractivity contribution in [2.24, 2.45) is 5.73 Å². The monoisotopic (exact) mass is 451 g/mol. The van der Waals surface area contributed by atoms with E-state index >= 15 is 0 Å². The van der Waals surface area contributed by atoms with Gasteiger partial charge in [0.15, 0.2) is 0 Å². The molecule has 0 radical (unpaired) electrons. The van der Waals surface area contributed by atoms with Crippen molar-refractivity contribution in [1.29, 1.82) is 0 Å². The number of carbonyl (C=O) groups excluding carboxylic acids is 1. The predicted octanol–water partition coefficient (Wildman–Crippen LogP) is 6.36. The third-order valence-corrected chi connectivity index (χ3v) is 5.18. The number of hydrogen-bond donors (Lipinski definition) is 3. The summed E-state index contributed by atoms with van der Waals surface area (Å²) in [5.41, 5.74) is 5.87. The number of halogens is 3. The quantitative estimate of drug-likeness (QED) is 0.371. The van der Waals surface area contributed by atoms with Crippen molar-refractivity contribution in [1.82, 2.24) is 5.32 Å². The van der Waals surface area contributed by atoms with Gasteiger partial charge >= 0.3 is 12.3 Å². The number of benzene rings is 2. The number of nitrogens with one attached hydrogen (secondary N) is 2. The lowest BCUT2D eigenvalue weighted by Crippen LogP contribution is -2.35. The van der Waals surface area contributed by atoms with E-state index in [-0.39, 0.29) is 6.04 Å². The maximum atomic E-state index is 13.0. The summed E-state index contributed by atoms with van der Waals surface area (Å²) in [4.78, 5) is 11.1. The van der Waals surface area contributed by atoms with Gasteiger partial charge in [-0.05, 0) is 62.9 Å². The first kappa shape index (κ1) is 25.5. The fourth-order valence-corrected chi connectivity index (χ4v) is 3.52. The van der Waals surface area contributed by atoms with Crippen LogP contribution < -0.4 is 16.4 Å². The molecule has 1 amide bonds. The first-order valence-corrected chi connectivity index (χ1v) is 10.7. The number of carbonyl (C=O) groups is 1. The van der Waals surface area contributed by atoms with E-state index in [1.807, 2.05) is 38.1 Å². The molecule has 0 aliphatic rings. The van der Waals surface area contributed by atoms with Gasteiger partial charge in [0.2, 0.25) is 0 Å². The summed E-state index contributed by atoms with van der Waals surface area (Å²) in [6, 6.07) is 12.9. The number of hydrogen-bond acceptors (Lipinski definition) is 4. The van der Waals surface area contributed by atoms with Crippen LogP contribution in [0.15, 0.2) is 48.5 Å². The number of primary amides is 1. The molecule has 2 aromatic rings. The van der Waals surface area contributed by atoms with Crippen LogP contribution in [0, 0.1) is 0 Å². The Hall–Kier alpha value is -2.74. The molecule has 1 atom stereocenters. The molecule has 4 N–H and O–H groups in total. The van der Waals surface area contributed by atoms with E-state index in [1.54, 1.807) is 6.07 Å². The van der Waals surface area contributed by atoms with Crippen LogP contribution >= 0.6 is 0 Å². The Balaban J connectivity index is 2.06. The van der Waals surface area contributed by atoms with Crippen molar-refractivity contribution in [3.63, 3.8) is 0 Å². The summed E-state index contributed by atoms with van der Waals surface area (Å²) in [5, 5.41) is 6.64. The third kappa shape index (κ3) is 8.42. The predicted molar refractivity (Wildman–Crippen MR) is 121 cm³/mol. The summed E-state index contributed by atoms with van der Waals surface area (Å²) in [6.07, 6.45) is -1.81. The fraction of sp³-hybridized carbons (Fsp3) is 0.458. The molecule has 2 aromatic carbocycles. The number of anilines is 2. The van der Waals surface area contributed by atoms with Crippen LogP contribution in [0.5, 0.6) is 0 Å². The molecule has 0 spiro atoms. The van der Waals surface area contributed by atoms with E-state index < -0.39 is 23.4 Å². The third-order valence-electron chi connectivity index (χ3n) is 5.18. The Morgan fingerprint density at radius 3 is 2.47 bits per heavy atom. The van der Waals surface area contributed by atoms with Crippen molar-refractivity contribution < 1.29 is 22.7 Å². The number of nitrogens with two attached hydrogens (primary N) is 1. The molecule has 0 fully saturated rings. The Kier molecular flexibility index (Phi) is 8.95. The highest BCUT2D eigenvalue weighted by Gasteiger charge is 2.30. The molecule has 1 unspecified atom stereocenters. The Morgan fingerprint density at radius 1 is 1.09 bits per heavy atom. The van der Waals surface area contributed by atoms with Crippen molar-refractivity contribution >= 4 is 17.5 Å². The highest BCUT2D eigenvalue weighted by Crippen LogP contribution is 2.32. The second-order valence-corrected chi connectivity index (χ2v) is 8.45. The molecule has 0 saturated heterocycles. The molecule has 0 aliphatic heterocycles. The van der Waals surface area contributed by atoms with Gasteiger partial charge in [0.05, 0.1) is 5.56 Å². The first-order valence-electron chi connectivity index (χ1n) is 10.7. The molecule has 0 heterocycles. The summed E-state index contributed by atoms with van der Waals surface area (Å²) in [6.45, 7) is 6.30. The van der Waals surface area contributed by atoms with E-state index in [4.69, 9.17) is 10.5 Å². The average Bonchev–Trinajstić information content (AvgIpc) is 2.70. The minimum atomic E-state index is -4.39. The van der Waals surface area contributed by atoms with Crippen molar-refractivity contribution in [3.8, 4) is 0 Å². The average molecular weight is 452 g/mol. The van der Waals surface area contributed by atoms with Crippen LogP contribution in [0.25, 0.3) is 0 Å². The molecule has 2 rings (SSSR count). The molecule has 0 aromatic heterocycles. The number of alkyl halides is 3. The molecule has 0 bridgehead atoms. The van der Waals surface area contributed by atoms with E-state index in [0.29, 0.717) is 18.7 Å². The lowest BCUT2D eigenvalue weighted by molar-refractivity contribution is -0.137. The zero-order chi connectivity index (χ0) is 23.8. The van der Waals surface area contributed by atoms with Gasteiger partial charge in [-0.2, -0.15) is 13.2 Å². The summed E-state index contributed by atoms with van der Waals surface area (Å²) in [5.74, 6) is 0. The smallest absolute Gasteiger partial charge is 0.416 e. The number of para-hydroxylation sites is 1. The van der Waals surface area contributed by atoms with Gasteiger partial charge in [-0.3, -0.25) is 0 Å². The highest BCUT2D eigenvalue weighted by atomic mass is 19.4. The van der Waals surface area contributed by atoms with E-state index in [9.17, 15) is 18.0 Å². The van der Waals surface area contributed by atoms with Gasteiger partial charge in [-0.25, -0.2) is 4.79 Å². The lowest BCUT2D eigenvalue weighted by atomic mass is 9.96. The maximum absolute atomic E-state index is 13.0. The van der Waals surface area contributed by atoms with Gasteiger partial charge in [0.1, 0.15) is 5.60 Å². The van der Waals surface area contributed by atoms with Crippen molar-refractivity contribution in [3.05, 3.63) is 59.7 Å². The molecule has 176 valence electrons. The molecule has 8 heteroatoms. The molecular weight excluding hydrogens is 419 g/mol. The largest absolute Gasteiger partial charge is 0.444 e. The van der Waals surface area contributed by atoms with Crippen LogP contribution in [0.4, 0.5) is 29.3 Å². The summed E-state index contributed by atoms with van der Waals surface area (Å²) >= 11 is 0. The van der Waals surface area contributed by atoms with Crippen LogP contribution in [0.1, 0.15) is 57.6 Å². The molecular formula is C24H32F3N3O2. The van der Waals surface area contributed by atoms with Crippen LogP contribution in [-0.2, 0) is 17.5 Å². The molecule has 5 nitrogen and oxygen atoms in total. The molecule has 0 aliphatic carbocycles. The van der Waals surface area contributed by atoms with E-state index in [0.717, 1.165) is 42.6 Å². The van der Waals surface area contributed by atoms with E-state index in [1.165, 1.54) is 6.07 Å². The van der Waals surface area contributed by atoms with Gasteiger partial charge < -0.3 is 21.1 Å². The topological polar surface area (TPSA) is 76.4 Å².